The van der Waals surface area contributed by atoms with E-state index in [1.807, 2.05) is 0 Å². The Balaban J connectivity index is 0.00000112. The van der Waals surface area contributed by atoms with Crippen LogP contribution in [0.2, 0.25) is 0 Å². The summed E-state index contributed by atoms with van der Waals surface area (Å²) in [7, 11) is 0. The van der Waals surface area contributed by atoms with Crippen molar-refractivity contribution in [2.75, 3.05) is 6.26 Å². The molecule has 1 aromatic carbocycles. The van der Waals surface area contributed by atoms with Crippen molar-refractivity contribution in [1.82, 2.24) is 0 Å². The predicted octanol–water partition coefficient (Wildman–Crippen LogP) is 3.63. The molecule has 1 atom stereocenters. The highest BCUT2D eigenvalue weighted by Crippen LogP contribution is 2.36. The first-order chi connectivity index (χ1) is 6.81. The number of rotatable bonds is 3. The summed E-state index contributed by atoms with van der Waals surface area (Å²) in [5, 5.41) is 0. The van der Waals surface area contributed by atoms with Gasteiger partial charge in [-0.25, -0.2) is 0 Å². The van der Waals surface area contributed by atoms with E-state index in [0.29, 0.717) is 0 Å². The molecule has 1 saturated carbocycles. The molecule has 0 heterocycles. The van der Waals surface area contributed by atoms with Gasteiger partial charge in [-0.1, -0.05) is 18.6 Å². The first-order valence-corrected chi connectivity index (χ1v) is 6.43. The van der Waals surface area contributed by atoms with E-state index in [1.54, 1.807) is 11.8 Å². The molecule has 3 heteroatoms. The van der Waals surface area contributed by atoms with Gasteiger partial charge in [0.1, 0.15) is 0 Å². The van der Waals surface area contributed by atoms with Crippen LogP contribution in [0.4, 0.5) is 0 Å². The van der Waals surface area contributed by atoms with Gasteiger partial charge in [0.2, 0.25) is 0 Å². The zero-order valence-corrected chi connectivity index (χ0v) is 10.6. The van der Waals surface area contributed by atoms with E-state index in [2.05, 4.69) is 30.5 Å². The van der Waals surface area contributed by atoms with Crippen molar-refractivity contribution in [3.63, 3.8) is 0 Å². The van der Waals surface area contributed by atoms with Crippen molar-refractivity contribution in [3.05, 3.63) is 29.8 Å². The van der Waals surface area contributed by atoms with E-state index in [-0.39, 0.29) is 18.4 Å². The van der Waals surface area contributed by atoms with Crippen molar-refractivity contribution in [1.29, 1.82) is 0 Å². The minimum absolute atomic E-state index is 0. The molecule has 0 aliphatic heterocycles. The molecule has 1 fully saturated rings. The Morgan fingerprint density at radius 3 is 2.27 bits per heavy atom. The molecule has 2 N–H and O–H groups in total. The monoisotopic (exact) mass is 243 g/mol. The first-order valence-electron chi connectivity index (χ1n) is 5.21. The van der Waals surface area contributed by atoms with E-state index < -0.39 is 0 Å². The lowest BCUT2D eigenvalue weighted by Crippen LogP contribution is -2.26. The van der Waals surface area contributed by atoms with Crippen LogP contribution in [-0.4, -0.2) is 6.26 Å². The highest BCUT2D eigenvalue weighted by atomic mass is 35.5. The second kappa shape index (κ2) is 5.78. The van der Waals surface area contributed by atoms with Gasteiger partial charge in [-0.15, -0.1) is 24.2 Å². The summed E-state index contributed by atoms with van der Waals surface area (Å²) in [6.07, 6.45) is 6.08. The van der Waals surface area contributed by atoms with Gasteiger partial charge in [-0.05, 0) is 42.7 Å². The fourth-order valence-corrected chi connectivity index (χ4v) is 2.31. The van der Waals surface area contributed by atoms with Gasteiger partial charge in [-0.2, -0.15) is 0 Å². The standard InChI is InChI=1S/C12H17NS.ClH/c1-14-11-7-5-10(6-8-11)12(13)9-3-2-4-9;/h5-9,12H,2-4,13H2,1H3;1H/t12-;/m1./s1. The second-order valence-corrected chi connectivity index (χ2v) is 4.87. The van der Waals surface area contributed by atoms with Crippen LogP contribution in [0.3, 0.4) is 0 Å². The molecule has 0 radical (unpaired) electrons. The third kappa shape index (κ3) is 2.90. The maximum absolute atomic E-state index is 6.19. The summed E-state index contributed by atoms with van der Waals surface area (Å²) in [4.78, 5) is 1.31. The molecule has 84 valence electrons. The van der Waals surface area contributed by atoms with E-state index in [0.717, 1.165) is 5.92 Å². The molecule has 1 aromatic rings. The van der Waals surface area contributed by atoms with Crippen LogP contribution in [0.25, 0.3) is 0 Å². The second-order valence-electron chi connectivity index (χ2n) is 3.99. The highest BCUT2D eigenvalue weighted by Gasteiger charge is 2.25. The summed E-state index contributed by atoms with van der Waals surface area (Å²) in [6.45, 7) is 0. The Bertz CT molecular complexity index is 295. The van der Waals surface area contributed by atoms with Crippen LogP contribution in [0, 0.1) is 5.92 Å². The fourth-order valence-electron chi connectivity index (χ4n) is 1.90. The molecule has 0 bridgehead atoms. The van der Waals surface area contributed by atoms with Crippen molar-refractivity contribution in [2.24, 2.45) is 11.7 Å². The third-order valence-corrected chi connectivity index (χ3v) is 3.90. The van der Waals surface area contributed by atoms with Gasteiger partial charge in [0.15, 0.2) is 0 Å². The maximum Gasteiger partial charge on any atom is 0.0323 e. The SMILES string of the molecule is CSc1ccc([C@H](N)C2CCC2)cc1.Cl. The van der Waals surface area contributed by atoms with E-state index in [1.165, 1.54) is 29.7 Å². The number of nitrogens with two attached hydrogens (primary N) is 1. The Morgan fingerprint density at radius 1 is 1.27 bits per heavy atom. The molecule has 0 saturated heterocycles. The average Bonchev–Trinajstić information content (AvgIpc) is 2.15. The molecule has 0 amide bonds. The molecule has 15 heavy (non-hydrogen) atoms. The Morgan fingerprint density at radius 2 is 1.87 bits per heavy atom. The Labute approximate surface area is 102 Å². The minimum Gasteiger partial charge on any atom is -0.324 e. The van der Waals surface area contributed by atoms with Gasteiger partial charge in [-0.3, -0.25) is 0 Å². The zero-order chi connectivity index (χ0) is 9.97. The highest BCUT2D eigenvalue weighted by molar-refractivity contribution is 7.98. The fraction of sp³-hybridized carbons (Fsp3) is 0.500. The molecule has 0 aromatic heterocycles. The quantitative estimate of drug-likeness (QED) is 0.821. The summed E-state index contributed by atoms with van der Waals surface area (Å²) in [5.74, 6) is 0.732. The van der Waals surface area contributed by atoms with Crippen LogP contribution in [-0.2, 0) is 0 Å². The van der Waals surface area contributed by atoms with Crippen molar-refractivity contribution >= 4 is 24.2 Å². The zero-order valence-electron chi connectivity index (χ0n) is 8.98. The molecule has 1 aliphatic carbocycles. The number of halogens is 1. The largest absolute Gasteiger partial charge is 0.324 e. The third-order valence-electron chi connectivity index (χ3n) is 3.16. The van der Waals surface area contributed by atoms with Crippen molar-refractivity contribution in [3.8, 4) is 0 Å². The lowest BCUT2D eigenvalue weighted by Gasteiger charge is -2.31. The van der Waals surface area contributed by atoms with Crippen LogP contribution >= 0.6 is 24.2 Å². The summed E-state index contributed by atoms with van der Waals surface area (Å²) in [5.41, 5.74) is 7.48. The lowest BCUT2D eigenvalue weighted by atomic mass is 9.78. The Kier molecular flexibility index (Phi) is 4.97. The van der Waals surface area contributed by atoms with Gasteiger partial charge < -0.3 is 5.73 Å². The smallest absolute Gasteiger partial charge is 0.0323 e. The summed E-state index contributed by atoms with van der Waals surface area (Å²) < 4.78 is 0. The number of hydrogen-bond acceptors (Lipinski definition) is 2. The molecule has 1 aliphatic rings. The summed E-state index contributed by atoms with van der Waals surface area (Å²) in [6, 6.07) is 8.94. The van der Waals surface area contributed by atoms with Gasteiger partial charge in [0, 0.05) is 10.9 Å². The number of hydrogen-bond donors (Lipinski definition) is 1. The Hall–Kier alpha value is -0.180. The van der Waals surface area contributed by atoms with Crippen LogP contribution < -0.4 is 5.73 Å². The van der Waals surface area contributed by atoms with Crippen LogP contribution in [0.15, 0.2) is 29.2 Å². The summed E-state index contributed by atoms with van der Waals surface area (Å²) >= 11 is 1.78. The molecular weight excluding hydrogens is 226 g/mol. The molecule has 1 nitrogen and oxygen atoms in total. The normalized spacial score (nSPS) is 17.7. The molecule has 0 unspecified atom stereocenters. The predicted molar refractivity (Wildman–Crippen MR) is 69.7 cm³/mol. The topological polar surface area (TPSA) is 26.0 Å². The van der Waals surface area contributed by atoms with Crippen molar-refractivity contribution < 1.29 is 0 Å². The molecule has 2 rings (SSSR count). The van der Waals surface area contributed by atoms with Gasteiger partial charge >= 0.3 is 0 Å². The first kappa shape index (κ1) is 12.9. The van der Waals surface area contributed by atoms with Gasteiger partial charge in [0.25, 0.3) is 0 Å². The maximum atomic E-state index is 6.19. The molecule has 0 spiro atoms. The lowest BCUT2D eigenvalue weighted by molar-refractivity contribution is 0.264. The van der Waals surface area contributed by atoms with E-state index >= 15 is 0 Å². The minimum atomic E-state index is 0. The van der Waals surface area contributed by atoms with E-state index in [9.17, 15) is 0 Å². The van der Waals surface area contributed by atoms with Gasteiger partial charge in [0.05, 0.1) is 0 Å². The average molecular weight is 244 g/mol. The number of thioether (sulfide) groups is 1. The molecular formula is C12H18ClNS. The van der Waals surface area contributed by atoms with Crippen LogP contribution in [0.5, 0.6) is 0 Å². The van der Waals surface area contributed by atoms with E-state index in [4.69, 9.17) is 5.73 Å². The number of benzene rings is 1. The van der Waals surface area contributed by atoms with Crippen LogP contribution in [0.1, 0.15) is 30.9 Å². The van der Waals surface area contributed by atoms with Crippen molar-refractivity contribution in [2.45, 2.75) is 30.2 Å².